The molecule has 3 heteroatoms. The van der Waals surface area contributed by atoms with Crippen molar-refractivity contribution < 1.29 is 4.79 Å². The zero-order chi connectivity index (χ0) is 16.9. The molecule has 1 amide bonds. The van der Waals surface area contributed by atoms with Gasteiger partial charge in [-0.15, -0.1) is 0 Å². The Kier molecular flexibility index (Phi) is 6.23. The molecule has 0 saturated carbocycles. The van der Waals surface area contributed by atoms with Crippen molar-refractivity contribution in [3.63, 3.8) is 0 Å². The molecule has 0 bridgehead atoms. The second-order valence-electron chi connectivity index (χ2n) is 7.80. The molecule has 1 aromatic carbocycles. The van der Waals surface area contributed by atoms with Crippen LogP contribution in [0.4, 0.5) is 0 Å². The summed E-state index contributed by atoms with van der Waals surface area (Å²) < 4.78 is 0. The molecule has 0 radical (unpaired) electrons. The molecule has 1 aliphatic rings. The highest BCUT2D eigenvalue weighted by molar-refractivity contribution is 5.76. The molecule has 128 valence electrons. The van der Waals surface area contributed by atoms with E-state index in [0.717, 1.165) is 13.1 Å². The Labute approximate surface area is 141 Å². The van der Waals surface area contributed by atoms with E-state index in [2.05, 4.69) is 62.6 Å². The number of aryl methyl sites for hydroxylation is 1. The third-order valence-electron chi connectivity index (χ3n) is 5.26. The Bertz CT molecular complexity index is 501. The number of carbonyl (C=O) groups excluding carboxylic acids is 1. The summed E-state index contributed by atoms with van der Waals surface area (Å²) in [6.07, 6.45) is 3.04. The summed E-state index contributed by atoms with van der Waals surface area (Å²) in [5, 5.41) is 6.54. The van der Waals surface area contributed by atoms with Crippen LogP contribution in [0.2, 0.25) is 0 Å². The van der Waals surface area contributed by atoms with Crippen LogP contribution < -0.4 is 10.6 Å². The van der Waals surface area contributed by atoms with E-state index in [1.54, 1.807) is 0 Å². The Morgan fingerprint density at radius 1 is 1.26 bits per heavy atom. The third-order valence-corrected chi connectivity index (χ3v) is 5.26. The first-order valence-electron chi connectivity index (χ1n) is 8.93. The molecule has 1 atom stereocenters. The molecule has 1 heterocycles. The quantitative estimate of drug-likeness (QED) is 0.844. The van der Waals surface area contributed by atoms with Crippen molar-refractivity contribution in [2.45, 2.75) is 52.4 Å². The highest BCUT2D eigenvalue weighted by Crippen LogP contribution is 2.25. The molecule has 1 saturated heterocycles. The number of piperidine rings is 1. The lowest BCUT2D eigenvalue weighted by Crippen LogP contribution is -2.38. The maximum Gasteiger partial charge on any atom is 0.220 e. The van der Waals surface area contributed by atoms with Crippen molar-refractivity contribution >= 4 is 5.91 Å². The maximum absolute atomic E-state index is 12.3. The number of hydrogen-bond donors (Lipinski definition) is 2. The Hall–Kier alpha value is -1.35. The second-order valence-corrected chi connectivity index (χ2v) is 7.80. The minimum Gasteiger partial charge on any atom is -0.355 e. The molecule has 1 aromatic rings. The summed E-state index contributed by atoms with van der Waals surface area (Å²) in [6, 6.07) is 8.61. The Morgan fingerprint density at radius 2 is 1.87 bits per heavy atom. The lowest BCUT2D eigenvalue weighted by molar-refractivity contribution is -0.122. The molecule has 1 aliphatic heterocycles. The van der Waals surface area contributed by atoms with Crippen LogP contribution in [0.1, 0.15) is 51.2 Å². The van der Waals surface area contributed by atoms with Crippen molar-refractivity contribution in [2.24, 2.45) is 11.8 Å². The fourth-order valence-corrected chi connectivity index (χ4v) is 3.37. The van der Waals surface area contributed by atoms with Gasteiger partial charge >= 0.3 is 0 Å². The summed E-state index contributed by atoms with van der Waals surface area (Å²) in [4.78, 5) is 12.3. The van der Waals surface area contributed by atoms with Crippen LogP contribution in [0.15, 0.2) is 24.3 Å². The van der Waals surface area contributed by atoms with Crippen molar-refractivity contribution in [1.82, 2.24) is 10.6 Å². The van der Waals surface area contributed by atoms with E-state index in [-0.39, 0.29) is 11.3 Å². The molecule has 0 spiro atoms. The monoisotopic (exact) mass is 316 g/mol. The van der Waals surface area contributed by atoms with Gasteiger partial charge in [0, 0.05) is 18.4 Å². The van der Waals surface area contributed by atoms with Crippen molar-refractivity contribution in [3.8, 4) is 0 Å². The molecular weight excluding hydrogens is 284 g/mol. The minimum absolute atomic E-state index is 0.0403. The SMILES string of the molecule is Cc1ccc(C(C)(C)CNC(=O)CC(C)C2CCNCC2)cc1. The van der Waals surface area contributed by atoms with Gasteiger partial charge in [0.05, 0.1) is 0 Å². The summed E-state index contributed by atoms with van der Waals surface area (Å²) >= 11 is 0. The van der Waals surface area contributed by atoms with E-state index < -0.39 is 0 Å². The summed E-state index contributed by atoms with van der Waals surface area (Å²) in [7, 11) is 0. The highest BCUT2D eigenvalue weighted by atomic mass is 16.1. The van der Waals surface area contributed by atoms with Gasteiger partial charge in [0.15, 0.2) is 0 Å². The van der Waals surface area contributed by atoms with Gasteiger partial charge in [-0.1, -0.05) is 50.6 Å². The Balaban J connectivity index is 1.81. The van der Waals surface area contributed by atoms with Crippen molar-refractivity contribution in [2.75, 3.05) is 19.6 Å². The zero-order valence-corrected chi connectivity index (χ0v) is 15.1. The average Bonchev–Trinajstić information content (AvgIpc) is 2.54. The zero-order valence-electron chi connectivity index (χ0n) is 15.1. The molecule has 23 heavy (non-hydrogen) atoms. The van der Waals surface area contributed by atoms with Crippen molar-refractivity contribution in [1.29, 1.82) is 0 Å². The molecule has 0 aromatic heterocycles. The number of rotatable bonds is 6. The van der Waals surface area contributed by atoms with Gasteiger partial charge < -0.3 is 10.6 Å². The lowest BCUT2D eigenvalue weighted by Gasteiger charge is -2.29. The van der Waals surface area contributed by atoms with E-state index in [4.69, 9.17) is 0 Å². The number of carbonyl (C=O) groups is 1. The standard InChI is InChI=1S/C20H32N2O/c1-15-5-7-18(8-6-15)20(3,4)14-22-19(23)13-16(2)17-9-11-21-12-10-17/h5-8,16-17,21H,9-14H2,1-4H3,(H,22,23). The topological polar surface area (TPSA) is 41.1 Å². The second kappa shape index (κ2) is 7.96. The molecule has 0 aliphatic carbocycles. The van der Waals surface area contributed by atoms with E-state index in [0.29, 0.717) is 24.8 Å². The average molecular weight is 316 g/mol. The van der Waals surface area contributed by atoms with Crippen LogP contribution in [0.25, 0.3) is 0 Å². The Morgan fingerprint density at radius 3 is 2.48 bits per heavy atom. The van der Waals surface area contributed by atoms with Gasteiger partial charge in [-0.2, -0.15) is 0 Å². The molecule has 2 rings (SSSR count). The molecule has 1 unspecified atom stereocenters. The van der Waals surface area contributed by atoms with Gasteiger partial charge in [-0.3, -0.25) is 4.79 Å². The first-order chi connectivity index (χ1) is 10.9. The van der Waals surface area contributed by atoms with E-state index in [9.17, 15) is 4.79 Å². The first kappa shape index (κ1) is 18.0. The van der Waals surface area contributed by atoms with E-state index in [1.165, 1.54) is 24.0 Å². The molecular formula is C20H32N2O. The maximum atomic E-state index is 12.3. The van der Waals surface area contributed by atoms with Gasteiger partial charge in [0.2, 0.25) is 5.91 Å². The van der Waals surface area contributed by atoms with Gasteiger partial charge in [0.1, 0.15) is 0 Å². The van der Waals surface area contributed by atoms with E-state index >= 15 is 0 Å². The van der Waals surface area contributed by atoms with Crippen LogP contribution in [0.3, 0.4) is 0 Å². The minimum atomic E-state index is -0.0403. The number of amides is 1. The fourth-order valence-electron chi connectivity index (χ4n) is 3.37. The van der Waals surface area contributed by atoms with Crippen LogP contribution >= 0.6 is 0 Å². The third kappa shape index (κ3) is 5.35. The van der Waals surface area contributed by atoms with Crippen molar-refractivity contribution in [3.05, 3.63) is 35.4 Å². The van der Waals surface area contributed by atoms with Crippen LogP contribution in [-0.4, -0.2) is 25.5 Å². The molecule has 2 N–H and O–H groups in total. The van der Waals surface area contributed by atoms with Gasteiger partial charge in [-0.05, 0) is 50.3 Å². The molecule has 1 fully saturated rings. The normalized spacial score (nSPS) is 17.7. The molecule has 3 nitrogen and oxygen atoms in total. The predicted molar refractivity (Wildman–Crippen MR) is 96.6 cm³/mol. The highest BCUT2D eigenvalue weighted by Gasteiger charge is 2.24. The van der Waals surface area contributed by atoms with Crippen LogP contribution in [0.5, 0.6) is 0 Å². The van der Waals surface area contributed by atoms with Gasteiger partial charge in [-0.25, -0.2) is 0 Å². The predicted octanol–water partition coefficient (Wildman–Crippen LogP) is 3.41. The number of hydrogen-bond acceptors (Lipinski definition) is 2. The largest absolute Gasteiger partial charge is 0.355 e. The number of nitrogens with one attached hydrogen (secondary N) is 2. The number of benzene rings is 1. The summed E-state index contributed by atoms with van der Waals surface area (Å²) in [5.41, 5.74) is 2.50. The summed E-state index contributed by atoms with van der Waals surface area (Å²) in [6.45, 7) is 11.6. The lowest BCUT2D eigenvalue weighted by atomic mass is 9.83. The van der Waals surface area contributed by atoms with Crippen LogP contribution in [0, 0.1) is 18.8 Å². The van der Waals surface area contributed by atoms with Crippen LogP contribution in [-0.2, 0) is 10.2 Å². The smallest absolute Gasteiger partial charge is 0.220 e. The van der Waals surface area contributed by atoms with E-state index in [1.807, 2.05) is 0 Å². The summed E-state index contributed by atoms with van der Waals surface area (Å²) in [5.74, 6) is 1.35. The fraction of sp³-hybridized carbons (Fsp3) is 0.650. The first-order valence-corrected chi connectivity index (χ1v) is 8.93. The van der Waals surface area contributed by atoms with Gasteiger partial charge in [0.25, 0.3) is 0 Å².